The van der Waals surface area contributed by atoms with Crippen LogP contribution in [0.5, 0.6) is 11.5 Å². The second kappa shape index (κ2) is 12.0. The Bertz CT molecular complexity index is 1230. The van der Waals surface area contributed by atoms with Gasteiger partial charge in [0.25, 0.3) is 5.91 Å². The molecule has 1 atom stereocenters. The molecular weight excluding hydrogens is 505 g/mol. The number of nitrogens with zero attached hydrogens (tertiary/aromatic N) is 4. The van der Waals surface area contributed by atoms with Crippen LogP contribution in [0.15, 0.2) is 47.6 Å². The van der Waals surface area contributed by atoms with E-state index in [0.717, 1.165) is 18.7 Å². The van der Waals surface area contributed by atoms with Crippen molar-refractivity contribution < 1.29 is 28.2 Å². The number of amides is 3. The standard InChI is InChI=1S/C28H34FN5O5/c1-19(2)30-28(36)33(10-9-32-11-13-37-14-12-32)17-27(35)34-24(20-7-8-25-26(15-20)39-18-38-25)16-23(31-34)21-5-3-4-6-22(21)29/h3-8,15,19,24H,9-14,16-18H2,1-2H3,(H,30,36)/t24-/m1/s1. The number of morpholine rings is 1. The molecule has 0 saturated carbocycles. The monoisotopic (exact) mass is 539 g/mol. The number of urea groups is 1. The molecule has 0 aliphatic carbocycles. The van der Waals surface area contributed by atoms with Crippen molar-refractivity contribution in [2.45, 2.75) is 32.4 Å². The third kappa shape index (κ3) is 6.31. The maximum atomic E-state index is 14.7. The molecule has 11 heteroatoms. The van der Waals surface area contributed by atoms with E-state index in [1.165, 1.54) is 16.0 Å². The fraction of sp³-hybridized carbons (Fsp3) is 0.464. The van der Waals surface area contributed by atoms with Crippen LogP contribution >= 0.6 is 0 Å². The molecule has 1 saturated heterocycles. The SMILES string of the molecule is CC(C)NC(=O)N(CCN1CCOCC1)CC(=O)N1N=C(c2ccccc2F)C[C@@H]1c1ccc2c(c1)OCO2. The first kappa shape index (κ1) is 26.9. The molecule has 208 valence electrons. The van der Waals surface area contributed by atoms with Gasteiger partial charge in [-0.1, -0.05) is 24.3 Å². The van der Waals surface area contributed by atoms with E-state index in [2.05, 4.69) is 15.3 Å². The van der Waals surface area contributed by atoms with Crippen LogP contribution in [0.25, 0.3) is 0 Å². The molecule has 0 aromatic heterocycles. The summed E-state index contributed by atoms with van der Waals surface area (Å²) in [4.78, 5) is 30.6. The van der Waals surface area contributed by atoms with Crippen LogP contribution in [0.3, 0.4) is 0 Å². The van der Waals surface area contributed by atoms with Crippen molar-refractivity contribution in [3.8, 4) is 11.5 Å². The van der Waals surface area contributed by atoms with Gasteiger partial charge in [0.15, 0.2) is 11.5 Å². The summed E-state index contributed by atoms with van der Waals surface area (Å²) in [6.45, 7) is 7.57. The summed E-state index contributed by atoms with van der Waals surface area (Å²) in [5.41, 5.74) is 1.60. The minimum atomic E-state index is -0.490. The average molecular weight is 540 g/mol. The normalized spacial score (nSPS) is 18.8. The summed E-state index contributed by atoms with van der Waals surface area (Å²) in [7, 11) is 0. The van der Waals surface area contributed by atoms with Crippen molar-refractivity contribution in [2.75, 3.05) is 52.7 Å². The number of hydrogen-bond donors (Lipinski definition) is 1. The molecule has 2 aromatic carbocycles. The van der Waals surface area contributed by atoms with E-state index < -0.39 is 11.9 Å². The van der Waals surface area contributed by atoms with Gasteiger partial charge in [-0.3, -0.25) is 9.69 Å². The molecule has 3 amide bonds. The Balaban J connectivity index is 1.39. The molecule has 5 rings (SSSR count). The molecule has 2 aromatic rings. The highest BCUT2D eigenvalue weighted by molar-refractivity contribution is 6.03. The van der Waals surface area contributed by atoms with Gasteiger partial charge in [-0.2, -0.15) is 5.10 Å². The molecule has 39 heavy (non-hydrogen) atoms. The molecule has 0 spiro atoms. The number of hydrogen-bond acceptors (Lipinski definition) is 7. The maximum absolute atomic E-state index is 14.7. The summed E-state index contributed by atoms with van der Waals surface area (Å²) in [6, 6.07) is 11.0. The van der Waals surface area contributed by atoms with Gasteiger partial charge in [0.05, 0.1) is 25.0 Å². The van der Waals surface area contributed by atoms with Crippen molar-refractivity contribution >= 4 is 17.6 Å². The number of ether oxygens (including phenoxy) is 3. The second-order valence-corrected chi connectivity index (χ2v) is 10.1. The lowest BCUT2D eigenvalue weighted by Crippen LogP contribution is -2.50. The summed E-state index contributed by atoms with van der Waals surface area (Å²) < 4.78 is 31.1. The van der Waals surface area contributed by atoms with Crippen molar-refractivity contribution in [1.29, 1.82) is 0 Å². The van der Waals surface area contributed by atoms with Crippen molar-refractivity contribution in [3.05, 3.63) is 59.4 Å². The van der Waals surface area contributed by atoms with Crippen LogP contribution in [0.2, 0.25) is 0 Å². The molecule has 0 bridgehead atoms. The van der Waals surface area contributed by atoms with Crippen LogP contribution in [-0.2, 0) is 9.53 Å². The molecule has 0 unspecified atom stereocenters. The summed E-state index contributed by atoms with van der Waals surface area (Å²) >= 11 is 0. The lowest BCUT2D eigenvalue weighted by Gasteiger charge is -2.31. The predicted molar refractivity (Wildman–Crippen MR) is 142 cm³/mol. The molecule has 1 fully saturated rings. The molecule has 3 heterocycles. The zero-order chi connectivity index (χ0) is 27.4. The molecule has 3 aliphatic heterocycles. The van der Waals surface area contributed by atoms with Gasteiger partial charge >= 0.3 is 6.03 Å². The molecule has 0 radical (unpaired) electrons. The number of benzene rings is 2. The highest BCUT2D eigenvalue weighted by atomic mass is 19.1. The summed E-state index contributed by atoms with van der Waals surface area (Å²) in [5.74, 6) is 0.454. The lowest BCUT2D eigenvalue weighted by molar-refractivity contribution is -0.133. The number of carbonyl (C=O) groups excluding carboxylic acids is 2. The Kier molecular flexibility index (Phi) is 8.27. The van der Waals surface area contributed by atoms with E-state index in [0.29, 0.717) is 55.5 Å². The largest absolute Gasteiger partial charge is 0.454 e. The molecule has 1 N–H and O–H groups in total. The van der Waals surface area contributed by atoms with Crippen LogP contribution in [0.4, 0.5) is 9.18 Å². The van der Waals surface area contributed by atoms with Crippen LogP contribution < -0.4 is 14.8 Å². The Morgan fingerprint density at radius 1 is 1.13 bits per heavy atom. The fourth-order valence-corrected chi connectivity index (χ4v) is 4.89. The zero-order valence-electron chi connectivity index (χ0n) is 22.3. The summed E-state index contributed by atoms with van der Waals surface area (Å²) in [5, 5.41) is 8.87. The maximum Gasteiger partial charge on any atom is 0.318 e. The Hall–Kier alpha value is -3.70. The third-order valence-electron chi connectivity index (χ3n) is 6.95. The average Bonchev–Trinajstić information content (AvgIpc) is 3.58. The van der Waals surface area contributed by atoms with E-state index in [1.807, 2.05) is 26.0 Å². The topological polar surface area (TPSA) is 95.9 Å². The smallest absolute Gasteiger partial charge is 0.318 e. The first-order valence-corrected chi connectivity index (χ1v) is 13.3. The molecular formula is C28H34FN5O5. The number of halogens is 1. The van der Waals surface area contributed by atoms with Crippen LogP contribution in [-0.4, -0.2) is 91.2 Å². The van der Waals surface area contributed by atoms with Gasteiger partial charge in [-0.25, -0.2) is 14.2 Å². The van der Waals surface area contributed by atoms with E-state index in [1.54, 1.807) is 24.3 Å². The number of nitrogens with one attached hydrogen (secondary N) is 1. The number of rotatable bonds is 8. The quantitative estimate of drug-likeness (QED) is 0.554. The lowest BCUT2D eigenvalue weighted by atomic mass is 9.97. The van der Waals surface area contributed by atoms with E-state index in [-0.39, 0.29) is 31.3 Å². The van der Waals surface area contributed by atoms with Crippen LogP contribution in [0, 0.1) is 5.82 Å². The predicted octanol–water partition coefficient (Wildman–Crippen LogP) is 2.98. The minimum absolute atomic E-state index is 0.0858. The highest BCUT2D eigenvalue weighted by Gasteiger charge is 2.36. The highest BCUT2D eigenvalue weighted by Crippen LogP contribution is 2.39. The van der Waals surface area contributed by atoms with Crippen molar-refractivity contribution in [2.24, 2.45) is 5.10 Å². The first-order chi connectivity index (χ1) is 18.9. The van der Waals surface area contributed by atoms with Gasteiger partial charge in [-0.15, -0.1) is 0 Å². The van der Waals surface area contributed by atoms with E-state index in [9.17, 15) is 14.0 Å². The number of fused-ring (bicyclic) bond motifs is 1. The number of carbonyl (C=O) groups is 2. The Labute approximate surface area is 227 Å². The second-order valence-electron chi connectivity index (χ2n) is 10.1. The molecule has 3 aliphatic rings. The number of hydrazone groups is 1. The third-order valence-corrected chi connectivity index (χ3v) is 6.95. The summed E-state index contributed by atoms with van der Waals surface area (Å²) in [6.07, 6.45) is 0.318. The van der Waals surface area contributed by atoms with Gasteiger partial charge in [-0.05, 0) is 37.6 Å². The van der Waals surface area contributed by atoms with Crippen molar-refractivity contribution in [3.63, 3.8) is 0 Å². The van der Waals surface area contributed by atoms with Gasteiger partial charge in [0.2, 0.25) is 6.79 Å². The van der Waals surface area contributed by atoms with Crippen LogP contribution in [0.1, 0.15) is 37.4 Å². The Morgan fingerprint density at radius 3 is 2.67 bits per heavy atom. The van der Waals surface area contributed by atoms with Gasteiger partial charge < -0.3 is 24.4 Å². The van der Waals surface area contributed by atoms with Gasteiger partial charge in [0.1, 0.15) is 12.4 Å². The van der Waals surface area contributed by atoms with Crippen molar-refractivity contribution in [1.82, 2.24) is 20.1 Å². The Morgan fingerprint density at radius 2 is 1.90 bits per heavy atom. The fourth-order valence-electron chi connectivity index (χ4n) is 4.89. The first-order valence-electron chi connectivity index (χ1n) is 13.3. The van der Waals surface area contributed by atoms with E-state index >= 15 is 0 Å². The zero-order valence-corrected chi connectivity index (χ0v) is 22.3. The van der Waals surface area contributed by atoms with E-state index in [4.69, 9.17) is 14.2 Å². The van der Waals surface area contributed by atoms with Gasteiger partial charge in [0, 0.05) is 44.2 Å². The minimum Gasteiger partial charge on any atom is -0.454 e. The molecule has 10 nitrogen and oxygen atoms in total.